The van der Waals surface area contributed by atoms with Crippen molar-refractivity contribution < 1.29 is 21.1 Å². The van der Waals surface area contributed by atoms with Crippen molar-refractivity contribution in [1.29, 1.82) is 0 Å². The van der Waals surface area contributed by atoms with Crippen LogP contribution in [0.4, 0.5) is 0 Å². The van der Waals surface area contributed by atoms with Gasteiger partial charge in [0.1, 0.15) is 0 Å². The standard InChI is InChI=1S/C23H16N.Pt/c1-3-8-18(9-4-1)20-12-7-13-22(16-20)23-17-21(14-15-24-23)19-10-5-2-6-11-19;/h1-12,14-17H;/q-1;. The molecule has 0 radical (unpaired) electrons. The van der Waals surface area contributed by atoms with Crippen LogP contribution < -0.4 is 0 Å². The third kappa shape index (κ3) is 3.95. The molecular weight excluding hydrogens is 485 g/mol. The molecule has 2 heteroatoms. The van der Waals surface area contributed by atoms with Gasteiger partial charge in [-0.2, -0.15) is 0 Å². The molecule has 0 saturated heterocycles. The molecule has 1 heterocycles. The zero-order chi connectivity index (χ0) is 16.2. The Morgan fingerprint density at radius 3 is 1.84 bits per heavy atom. The van der Waals surface area contributed by atoms with E-state index in [1.54, 1.807) is 0 Å². The molecule has 1 aromatic heterocycles. The summed E-state index contributed by atoms with van der Waals surface area (Å²) in [5.41, 5.74) is 6.69. The van der Waals surface area contributed by atoms with Crippen LogP contribution in [0.1, 0.15) is 0 Å². The van der Waals surface area contributed by atoms with E-state index in [4.69, 9.17) is 0 Å². The summed E-state index contributed by atoms with van der Waals surface area (Å²) in [6.45, 7) is 0. The fraction of sp³-hybridized carbons (Fsp3) is 0. The third-order valence-corrected chi connectivity index (χ3v) is 4.05. The van der Waals surface area contributed by atoms with Crippen LogP contribution in [0.2, 0.25) is 0 Å². The summed E-state index contributed by atoms with van der Waals surface area (Å²) in [5.74, 6) is 0. The minimum absolute atomic E-state index is 0. The van der Waals surface area contributed by atoms with E-state index < -0.39 is 0 Å². The molecule has 4 aromatic rings. The van der Waals surface area contributed by atoms with Crippen LogP contribution in [-0.2, 0) is 21.1 Å². The van der Waals surface area contributed by atoms with Gasteiger partial charge in [0.25, 0.3) is 0 Å². The molecule has 0 saturated carbocycles. The summed E-state index contributed by atoms with van der Waals surface area (Å²) in [7, 11) is 0. The zero-order valence-electron chi connectivity index (χ0n) is 13.5. The first-order valence-electron chi connectivity index (χ1n) is 7.99. The number of pyridine rings is 1. The smallest absolute Gasteiger partial charge is 0.0166 e. The number of hydrogen-bond acceptors (Lipinski definition) is 1. The quantitative estimate of drug-likeness (QED) is 0.320. The molecule has 0 aliphatic rings. The SMILES string of the molecule is [Pt].[c-]1ccc(-c2ccccc2)cc1-c1cc(-c2ccccc2)ccn1. The molecule has 0 aliphatic heterocycles. The van der Waals surface area contributed by atoms with Gasteiger partial charge in [-0.3, -0.25) is 0 Å². The van der Waals surface area contributed by atoms with E-state index in [9.17, 15) is 0 Å². The van der Waals surface area contributed by atoms with Crippen molar-refractivity contribution >= 4 is 0 Å². The van der Waals surface area contributed by atoms with E-state index in [2.05, 4.69) is 77.8 Å². The summed E-state index contributed by atoms with van der Waals surface area (Å²) in [6.07, 6.45) is 1.86. The predicted molar refractivity (Wildman–Crippen MR) is 99.4 cm³/mol. The maximum atomic E-state index is 4.54. The summed E-state index contributed by atoms with van der Waals surface area (Å²) in [5, 5.41) is 0. The first-order valence-corrected chi connectivity index (χ1v) is 7.99. The van der Waals surface area contributed by atoms with Crippen molar-refractivity contribution in [3.05, 3.63) is 103 Å². The molecule has 0 bridgehead atoms. The summed E-state index contributed by atoms with van der Waals surface area (Å²) in [4.78, 5) is 4.54. The van der Waals surface area contributed by atoms with Gasteiger partial charge in [0.05, 0.1) is 0 Å². The van der Waals surface area contributed by atoms with Gasteiger partial charge in [-0.05, 0) is 28.5 Å². The molecule has 3 aromatic carbocycles. The normalized spacial score (nSPS) is 10.1. The third-order valence-electron chi connectivity index (χ3n) is 4.05. The maximum Gasteiger partial charge on any atom is 0.0166 e. The summed E-state index contributed by atoms with van der Waals surface area (Å²) < 4.78 is 0. The molecule has 1 nitrogen and oxygen atoms in total. The van der Waals surface area contributed by atoms with E-state index in [-0.39, 0.29) is 21.1 Å². The molecule has 0 aliphatic carbocycles. The van der Waals surface area contributed by atoms with Crippen LogP contribution in [0.3, 0.4) is 0 Å². The van der Waals surface area contributed by atoms with Crippen LogP contribution in [0.5, 0.6) is 0 Å². The van der Waals surface area contributed by atoms with Gasteiger partial charge < -0.3 is 4.98 Å². The first kappa shape index (κ1) is 17.3. The predicted octanol–water partition coefficient (Wildman–Crippen LogP) is 5.88. The number of nitrogens with zero attached hydrogens (tertiary/aromatic N) is 1. The number of rotatable bonds is 3. The molecular formula is C23H16NPt-. The Bertz CT molecular complexity index is 869. The Kier molecular flexibility index (Phi) is 5.58. The van der Waals surface area contributed by atoms with Crippen molar-refractivity contribution in [3.8, 4) is 33.5 Å². The van der Waals surface area contributed by atoms with Crippen molar-refractivity contribution in [3.63, 3.8) is 0 Å². The molecule has 0 amide bonds. The molecule has 0 spiro atoms. The van der Waals surface area contributed by atoms with E-state index >= 15 is 0 Å². The van der Waals surface area contributed by atoms with Gasteiger partial charge in [-0.1, -0.05) is 66.7 Å². The van der Waals surface area contributed by atoms with Crippen LogP contribution in [0.25, 0.3) is 33.5 Å². The topological polar surface area (TPSA) is 12.9 Å². The van der Waals surface area contributed by atoms with Crippen LogP contribution in [0, 0.1) is 6.07 Å². The van der Waals surface area contributed by atoms with Gasteiger partial charge in [0, 0.05) is 27.3 Å². The minimum atomic E-state index is 0. The average molecular weight is 501 g/mol. The van der Waals surface area contributed by atoms with Crippen molar-refractivity contribution in [2.24, 2.45) is 0 Å². The van der Waals surface area contributed by atoms with Crippen LogP contribution in [0.15, 0.2) is 97.2 Å². The summed E-state index contributed by atoms with van der Waals surface area (Å²) in [6, 6.07) is 34.4. The Labute approximate surface area is 162 Å². The monoisotopic (exact) mass is 501 g/mol. The van der Waals surface area contributed by atoms with Crippen LogP contribution in [-0.4, -0.2) is 4.98 Å². The van der Waals surface area contributed by atoms with E-state index in [0.29, 0.717) is 0 Å². The van der Waals surface area contributed by atoms with E-state index in [1.807, 2.05) is 30.5 Å². The molecule has 0 atom stereocenters. The molecule has 0 unspecified atom stereocenters. The van der Waals surface area contributed by atoms with Crippen molar-refractivity contribution in [2.45, 2.75) is 0 Å². The van der Waals surface area contributed by atoms with E-state index in [1.165, 1.54) is 22.3 Å². The number of hydrogen-bond donors (Lipinski definition) is 0. The second kappa shape index (κ2) is 8.05. The van der Waals surface area contributed by atoms with Gasteiger partial charge in [0.15, 0.2) is 0 Å². The minimum Gasteiger partial charge on any atom is -0.305 e. The second-order valence-electron chi connectivity index (χ2n) is 5.65. The Morgan fingerprint density at radius 2 is 1.20 bits per heavy atom. The molecule has 0 fully saturated rings. The maximum absolute atomic E-state index is 4.54. The van der Waals surface area contributed by atoms with Crippen LogP contribution >= 0.6 is 0 Å². The summed E-state index contributed by atoms with van der Waals surface area (Å²) >= 11 is 0. The van der Waals surface area contributed by atoms with Gasteiger partial charge in [-0.25, -0.2) is 0 Å². The Balaban J connectivity index is 0.00000182. The van der Waals surface area contributed by atoms with Crippen molar-refractivity contribution in [2.75, 3.05) is 0 Å². The fourth-order valence-electron chi connectivity index (χ4n) is 2.81. The first-order chi connectivity index (χ1) is 11.9. The largest absolute Gasteiger partial charge is 0.305 e. The van der Waals surface area contributed by atoms with Gasteiger partial charge in [-0.15, -0.1) is 35.4 Å². The zero-order valence-corrected chi connectivity index (χ0v) is 15.8. The second-order valence-corrected chi connectivity index (χ2v) is 5.65. The Hall–Kier alpha value is -2.50. The van der Waals surface area contributed by atoms with E-state index in [0.717, 1.165) is 11.3 Å². The molecule has 25 heavy (non-hydrogen) atoms. The fourth-order valence-corrected chi connectivity index (χ4v) is 2.81. The number of aromatic nitrogens is 1. The molecule has 124 valence electrons. The van der Waals surface area contributed by atoms with Gasteiger partial charge in [0.2, 0.25) is 0 Å². The van der Waals surface area contributed by atoms with Gasteiger partial charge >= 0.3 is 0 Å². The average Bonchev–Trinajstić information content (AvgIpc) is 2.70. The number of benzene rings is 3. The Morgan fingerprint density at radius 1 is 0.600 bits per heavy atom. The molecule has 0 N–H and O–H groups in total. The molecule has 4 rings (SSSR count). The van der Waals surface area contributed by atoms with Crippen molar-refractivity contribution in [1.82, 2.24) is 4.98 Å².